The lowest BCUT2D eigenvalue weighted by Gasteiger charge is -2.33. The van der Waals surface area contributed by atoms with Crippen LogP contribution in [-0.4, -0.2) is 23.8 Å². The summed E-state index contributed by atoms with van der Waals surface area (Å²) in [5.41, 5.74) is 4.54. The minimum atomic E-state index is -0.522. The van der Waals surface area contributed by atoms with E-state index in [9.17, 15) is 14.9 Å². The molecular weight excluding hydrogens is 406 g/mol. The molecule has 1 amide bonds. The second-order valence-corrected chi connectivity index (χ2v) is 9.54. The number of hydrogen-bond acceptors (Lipinski definition) is 7. The molecule has 0 unspecified atom stereocenters. The lowest BCUT2D eigenvalue weighted by molar-refractivity contribution is -0.385. The molecule has 9 heteroatoms. The molecule has 1 atom stereocenters. The summed E-state index contributed by atoms with van der Waals surface area (Å²) in [5, 5.41) is 17.2. The number of thiophene rings is 1. The third kappa shape index (κ3) is 3.89. The van der Waals surface area contributed by atoms with Gasteiger partial charge in [-0.15, -0.1) is 11.3 Å². The second kappa shape index (κ2) is 7.71. The molecule has 1 aromatic carbocycles. The summed E-state index contributed by atoms with van der Waals surface area (Å²) in [6, 6.07) is 2.78. The van der Waals surface area contributed by atoms with Crippen LogP contribution in [0, 0.1) is 21.4 Å². The fourth-order valence-corrected chi connectivity index (χ4v) is 5.03. The van der Waals surface area contributed by atoms with Crippen LogP contribution < -0.4 is 14.9 Å². The van der Waals surface area contributed by atoms with Gasteiger partial charge in [0.05, 0.1) is 28.3 Å². The first-order chi connectivity index (χ1) is 14.2. The number of carbonyl (C=O) groups excluding carboxylic acids is 1. The van der Waals surface area contributed by atoms with Gasteiger partial charge in [-0.2, -0.15) is 5.10 Å². The van der Waals surface area contributed by atoms with Crippen LogP contribution in [0.4, 0.5) is 5.69 Å². The Bertz CT molecular complexity index is 1040. The maximum absolute atomic E-state index is 12.7. The van der Waals surface area contributed by atoms with E-state index in [2.05, 4.69) is 31.3 Å². The Kier molecular flexibility index (Phi) is 5.23. The molecule has 2 aromatic rings. The van der Waals surface area contributed by atoms with Gasteiger partial charge in [0.1, 0.15) is 0 Å². The van der Waals surface area contributed by atoms with Crippen LogP contribution in [0.3, 0.4) is 0 Å². The summed E-state index contributed by atoms with van der Waals surface area (Å²) >= 11 is 1.62. The quantitative estimate of drug-likeness (QED) is 0.443. The zero-order valence-corrected chi connectivity index (χ0v) is 17.9. The molecule has 0 bridgehead atoms. The van der Waals surface area contributed by atoms with Crippen molar-refractivity contribution in [1.29, 1.82) is 0 Å². The van der Waals surface area contributed by atoms with Crippen LogP contribution >= 0.6 is 11.3 Å². The lowest BCUT2D eigenvalue weighted by atomic mass is 9.72. The van der Waals surface area contributed by atoms with E-state index in [4.69, 9.17) is 9.47 Å². The van der Waals surface area contributed by atoms with Gasteiger partial charge in [-0.25, -0.2) is 5.43 Å². The standard InChI is InChI=1S/C21H23N3O5S/c1-21(2,3)13-4-5-14-15(10-30-19(14)7-13)20(25)23-22-9-12-6-17-18(29-11-28-17)8-16(12)24(26)27/h6,8-10,13H,4-5,7,11H2,1-3H3,(H,23,25)/b22-9-/t13-/m0/s1. The first-order valence-corrected chi connectivity index (χ1v) is 10.6. The van der Waals surface area contributed by atoms with Gasteiger partial charge in [0.15, 0.2) is 11.5 Å². The van der Waals surface area contributed by atoms with Crippen LogP contribution in [0.1, 0.15) is 53.6 Å². The first-order valence-electron chi connectivity index (χ1n) is 9.74. The predicted octanol–water partition coefficient (Wildman–Crippen LogP) is 4.30. The van der Waals surface area contributed by atoms with E-state index in [1.807, 2.05) is 5.38 Å². The Labute approximate surface area is 178 Å². The van der Waals surface area contributed by atoms with Crippen molar-refractivity contribution in [2.75, 3.05) is 6.79 Å². The molecule has 1 N–H and O–H groups in total. The number of ether oxygens (including phenoxy) is 2. The average Bonchev–Trinajstić information content (AvgIpc) is 3.32. The number of benzene rings is 1. The maximum Gasteiger partial charge on any atom is 0.282 e. The van der Waals surface area contributed by atoms with E-state index in [-0.39, 0.29) is 29.4 Å². The van der Waals surface area contributed by atoms with Crippen LogP contribution in [0.5, 0.6) is 11.5 Å². The van der Waals surface area contributed by atoms with Gasteiger partial charge in [0.25, 0.3) is 11.6 Å². The molecule has 1 aromatic heterocycles. The average molecular weight is 429 g/mol. The summed E-state index contributed by atoms with van der Waals surface area (Å²) < 4.78 is 10.4. The normalized spacial score (nSPS) is 17.8. The van der Waals surface area contributed by atoms with Crippen LogP contribution in [0.2, 0.25) is 0 Å². The van der Waals surface area contributed by atoms with Crippen LogP contribution in [0.25, 0.3) is 0 Å². The van der Waals surface area contributed by atoms with E-state index < -0.39 is 4.92 Å². The first kappa shape index (κ1) is 20.3. The highest BCUT2D eigenvalue weighted by molar-refractivity contribution is 7.10. The number of nitro benzene ring substituents is 1. The lowest BCUT2D eigenvalue weighted by Crippen LogP contribution is -2.27. The second-order valence-electron chi connectivity index (χ2n) is 8.58. The monoisotopic (exact) mass is 429 g/mol. The number of nitrogens with zero attached hydrogens (tertiary/aromatic N) is 2. The van der Waals surface area contributed by atoms with Crippen LogP contribution in [-0.2, 0) is 12.8 Å². The fraction of sp³-hybridized carbons (Fsp3) is 0.429. The SMILES string of the molecule is CC(C)(C)[C@H]1CCc2c(C(=O)N/N=C\c3cc4c(cc3[N+](=O)[O-])OCO4)csc2C1. The fourth-order valence-electron chi connectivity index (χ4n) is 3.87. The highest BCUT2D eigenvalue weighted by Gasteiger charge is 2.31. The Morgan fingerprint density at radius 2 is 2.07 bits per heavy atom. The molecule has 0 saturated heterocycles. The van der Waals surface area contributed by atoms with Gasteiger partial charge >= 0.3 is 0 Å². The summed E-state index contributed by atoms with van der Waals surface area (Å²) in [6.07, 6.45) is 4.18. The van der Waals surface area contributed by atoms with Gasteiger partial charge in [-0.1, -0.05) is 20.8 Å². The highest BCUT2D eigenvalue weighted by Crippen LogP contribution is 2.40. The van der Waals surface area contributed by atoms with Crippen molar-refractivity contribution in [3.05, 3.63) is 49.2 Å². The summed E-state index contributed by atoms with van der Waals surface area (Å²) in [5.74, 6) is 1.03. The predicted molar refractivity (Wildman–Crippen MR) is 114 cm³/mol. The van der Waals surface area contributed by atoms with Crippen molar-refractivity contribution in [2.24, 2.45) is 16.4 Å². The number of carbonyl (C=O) groups is 1. The molecule has 1 aliphatic carbocycles. The summed E-state index contributed by atoms with van der Waals surface area (Å²) in [7, 11) is 0. The number of nitrogens with one attached hydrogen (secondary N) is 1. The molecule has 0 fully saturated rings. The highest BCUT2D eigenvalue weighted by atomic mass is 32.1. The molecular formula is C21H23N3O5S. The van der Waals surface area contributed by atoms with Crippen molar-refractivity contribution < 1.29 is 19.2 Å². The molecule has 158 valence electrons. The van der Waals surface area contributed by atoms with Gasteiger partial charge < -0.3 is 9.47 Å². The number of nitro groups is 1. The van der Waals surface area contributed by atoms with E-state index in [1.165, 1.54) is 23.2 Å². The van der Waals surface area contributed by atoms with Gasteiger partial charge in [0, 0.05) is 10.3 Å². The Morgan fingerprint density at radius 3 is 2.77 bits per heavy atom. The Hall–Kier alpha value is -2.94. The van der Waals surface area contributed by atoms with Crippen molar-refractivity contribution in [3.8, 4) is 11.5 Å². The number of hydrazone groups is 1. The van der Waals surface area contributed by atoms with Crippen molar-refractivity contribution in [3.63, 3.8) is 0 Å². The number of amides is 1. The maximum atomic E-state index is 12.7. The molecule has 8 nitrogen and oxygen atoms in total. The van der Waals surface area contributed by atoms with Gasteiger partial charge in [0.2, 0.25) is 6.79 Å². The molecule has 0 radical (unpaired) electrons. The number of fused-ring (bicyclic) bond motifs is 2. The molecule has 0 spiro atoms. The van der Waals surface area contributed by atoms with Gasteiger partial charge in [-0.3, -0.25) is 14.9 Å². The minimum absolute atomic E-state index is 0.0170. The molecule has 4 rings (SSSR count). The Balaban J connectivity index is 1.49. The third-order valence-electron chi connectivity index (χ3n) is 5.71. The van der Waals surface area contributed by atoms with Crippen molar-refractivity contribution >= 4 is 29.1 Å². The van der Waals surface area contributed by atoms with E-state index in [0.29, 0.717) is 23.0 Å². The minimum Gasteiger partial charge on any atom is -0.454 e. The van der Waals surface area contributed by atoms with Crippen molar-refractivity contribution in [1.82, 2.24) is 5.43 Å². The van der Waals surface area contributed by atoms with Crippen LogP contribution in [0.15, 0.2) is 22.6 Å². The third-order valence-corrected chi connectivity index (χ3v) is 6.76. The zero-order valence-electron chi connectivity index (χ0n) is 17.1. The summed E-state index contributed by atoms with van der Waals surface area (Å²) in [6.45, 7) is 6.79. The largest absolute Gasteiger partial charge is 0.454 e. The molecule has 1 aliphatic heterocycles. The molecule has 0 saturated carbocycles. The number of rotatable bonds is 4. The van der Waals surface area contributed by atoms with E-state index in [1.54, 1.807) is 11.3 Å². The molecule has 2 aliphatic rings. The van der Waals surface area contributed by atoms with E-state index in [0.717, 1.165) is 24.8 Å². The molecule has 2 heterocycles. The topological polar surface area (TPSA) is 103 Å². The van der Waals surface area contributed by atoms with Crippen molar-refractivity contribution in [2.45, 2.75) is 40.0 Å². The Morgan fingerprint density at radius 1 is 1.33 bits per heavy atom. The molecule has 30 heavy (non-hydrogen) atoms. The summed E-state index contributed by atoms with van der Waals surface area (Å²) in [4.78, 5) is 24.7. The zero-order chi connectivity index (χ0) is 21.5. The number of hydrogen-bond donors (Lipinski definition) is 1. The smallest absolute Gasteiger partial charge is 0.282 e. The van der Waals surface area contributed by atoms with E-state index >= 15 is 0 Å². The van der Waals surface area contributed by atoms with Gasteiger partial charge in [-0.05, 0) is 42.2 Å².